The highest BCUT2D eigenvalue weighted by Crippen LogP contribution is 2.47. The number of rotatable bonds is 12. The molecule has 168 valence electrons. The summed E-state index contributed by atoms with van der Waals surface area (Å²) >= 11 is 0. The lowest BCUT2D eigenvalue weighted by Gasteiger charge is -2.33. The summed E-state index contributed by atoms with van der Waals surface area (Å²) in [6, 6.07) is 0. The molecule has 0 radical (unpaired) electrons. The highest BCUT2D eigenvalue weighted by Gasteiger charge is 2.57. The summed E-state index contributed by atoms with van der Waals surface area (Å²) in [5.41, 5.74) is 0. The Morgan fingerprint density at radius 2 is 1.59 bits per heavy atom. The highest BCUT2D eigenvalue weighted by atomic mass is 31.2. The summed E-state index contributed by atoms with van der Waals surface area (Å²) in [7, 11) is -3.33. The van der Waals surface area contributed by atoms with Crippen LogP contribution in [-0.4, -0.2) is 75.1 Å². The first kappa shape index (κ1) is 25.5. The van der Waals surface area contributed by atoms with Gasteiger partial charge in [0.15, 0.2) is 6.10 Å². The van der Waals surface area contributed by atoms with Crippen molar-refractivity contribution in [2.45, 2.75) is 52.6 Å². The van der Waals surface area contributed by atoms with Crippen LogP contribution in [0.1, 0.15) is 34.6 Å². The fourth-order valence-electron chi connectivity index (χ4n) is 2.76. The zero-order valence-electron chi connectivity index (χ0n) is 17.3. The number of carbonyl (C=O) groups excluding carboxylic acids is 3. The quantitative estimate of drug-likeness (QED) is 0.189. The zero-order chi connectivity index (χ0) is 22.1. The van der Waals surface area contributed by atoms with Crippen LogP contribution >= 0.6 is 7.60 Å². The average molecular weight is 440 g/mol. The van der Waals surface area contributed by atoms with E-state index in [1.54, 1.807) is 13.8 Å². The molecule has 0 saturated carbocycles. The smallest absolute Gasteiger partial charge is 0.332 e. The predicted octanol–water partition coefficient (Wildman–Crippen LogP) is 1.42. The minimum absolute atomic E-state index is 0.0452. The van der Waals surface area contributed by atoms with E-state index in [0.717, 1.165) is 13.8 Å². The maximum Gasteiger partial charge on any atom is 0.332 e. The molecule has 29 heavy (non-hydrogen) atoms. The molecular weight excluding hydrogens is 411 g/mol. The summed E-state index contributed by atoms with van der Waals surface area (Å²) in [5, 5.41) is 0. The molecule has 12 heteroatoms. The van der Waals surface area contributed by atoms with Crippen LogP contribution in [0.2, 0.25) is 0 Å². The molecule has 1 rings (SSSR count). The molecule has 0 aliphatic carbocycles. The fraction of sp³-hybridized carbons (Fsp3) is 0.824. The van der Waals surface area contributed by atoms with E-state index in [0.29, 0.717) is 0 Å². The van der Waals surface area contributed by atoms with Crippen LogP contribution in [0.3, 0.4) is 0 Å². The topological polar surface area (TPSA) is 133 Å². The van der Waals surface area contributed by atoms with Gasteiger partial charge in [0.25, 0.3) is 5.79 Å². The number of ether oxygens (including phenoxy) is 5. The summed E-state index contributed by atoms with van der Waals surface area (Å²) < 4.78 is 49.5. The molecule has 11 nitrogen and oxygen atoms in total. The molecule has 1 aliphatic heterocycles. The van der Waals surface area contributed by atoms with Gasteiger partial charge in [0.05, 0.1) is 32.6 Å². The van der Waals surface area contributed by atoms with E-state index in [9.17, 15) is 18.9 Å². The van der Waals surface area contributed by atoms with Crippen molar-refractivity contribution in [3.05, 3.63) is 0 Å². The van der Waals surface area contributed by atoms with Gasteiger partial charge in [0.2, 0.25) is 6.10 Å². The lowest BCUT2D eigenvalue weighted by atomic mass is 10.1. The first-order chi connectivity index (χ1) is 13.6. The second kappa shape index (κ2) is 11.6. The Labute approximate surface area is 169 Å². The SMILES string of the molecule is CCOP(=O)(CCOCC1(OC(C)=O)OCC(OC(C)=O)C1OC(C)=O)OCC. The van der Waals surface area contributed by atoms with Crippen LogP contribution in [0.5, 0.6) is 0 Å². The number of hydrogen-bond acceptors (Lipinski definition) is 11. The van der Waals surface area contributed by atoms with E-state index in [4.69, 9.17) is 32.7 Å². The molecule has 1 saturated heterocycles. The van der Waals surface area contributed by atoms with Crippen molar-refractivity contribution in [1.82, 2.24) is 0 Å². The van der Waals surface area contributed by atoms with Gasteiger partial charge in [-0.15, -0.1) is 0 Å². The number of esters is 3. The second-order valence-electron chi connectivity index (χ2n) is 6.12. The van der Waals surface area contributed by atoms with Crippen molar-refractivity contribution < 1.29 is 51.7 Å². The molecule has 0 amide bonds. The lowest BCUT2D eigenvalue weighted by molar-refractivity contribution is -0.262. The molecule has 3 atom stereocenters. The summed E-state index contributed by atoms with van der Waals surface area (Å²) in [6.45, 7) is 6.66. The van der Waals surface area contributed by atoms with Crippen LogP contribution in [0.25, 0.3) is 0 Å². The molecule has 0 N–H and O–H groups in total. The Balaban J connectivity index is 2.90. The molecule has 1 aliphatic rings. The van der Waals surface area contributed by atoms with Gasteiger partial charge in [-0.2, -0.15) is 0 Å². The maximum atomic E-state index is 12.5. The first-order valence-electron chi connectivity index (χ1n) is 9.21. The Kier molecular flexibility index (Phi) is 10.2. The maximum absolute atomic E-state index is 12.5. The predicted molar refractivity (Wildman–Crippen MR) is 98.1 cm³/mol. The third-order valence-corrected chi connectivity index (χ3v) is 5.69. The molecule has 1 heterocycles. The standard InChI is InChI=1S/C17H29O11P/c1-6-24-29(21,25-7-2)9-8-22-11-17(28-14(5)20)16(27-13(4)19)15(10-23-17)26-12(3)18/h15-16H,6-11H2,1-5H3. The fourth-order valence-corrected chi connectivity index (χ4v) is 4.24. The van der Waals surface area contributed by atoms with Gasteiger partial charge in [0.1, 0.15) is 6.61 Å². The van der Waals surface area contributed by atoms with Gasteiger partial charge in [0, 0.05) is 20.8 Å². The molecule has 0 aromatic rings. The minimum atomic E-state index is -3.33. The molecular formula is C17H29O11P. The van der Waals surface area contributed by atoms with E-state index >= 15 is 0 Å². The number of hydrogen-bond donors (Lipinski definition) is 0. The van der Waals surface area contributed by atoms with Crippen molar-refractivity contribution in [2.24, 2.45) is 0 Å². The molecule has 0 aromatic carbocycles. The van der Waals surface area contributed by atoms with Gasteiger partial charge in [-0.25, -0.2) is 0 Å². The summed E-state index contributed by atoms with van der Waals surface area (Å²) in [4.78, 5) is 34.5. The summed E-state index contributed by atoms with van der Waals surface area (Å²) in [6.07, 6.45) is -2.27. The zero-order valence-corrected chi connectivity index (χ0v) is 18.2. The molecule has 1 fully saturated rings. The van der Waals surface area contributed by atoms with Crippen molar-refractivity contribution in [3.63, 3.8) is 0 Å². The van der Waals surface area contributed by atoms with Crippen LogP contribution in [0.15, 0.2) is 0 Å². The van der Waals surface area contributed by atoms with Crippen LogP contribution in [0.4, 0.5) is 0 Å². The second-order valence-corrected chi connectivity index (χ2v) is 8.30. The van der Waals surface area contributed by atoms with E-state index in [2.05, 4.69) is 0 Å². The Bertz CT molecular complexity index is 613. The van der Waals surface area contributed by atoms with Gasteiger partial charge >= 0.3 is 25.5 Å². The van der Waals surface area contributed by atoms with Gasteiger partial charge < -0.3 is 32.7 Å². The van der Waals surface area contributed by atoms with Crippen molar-refractivity contribution in [1.29, 1.82) is 0 Å². The molecule has 3 unspecified atom stereocenters. The van der Waals surface area contributed by atoms with E-state index in [1.807, 2.05) is 0 Å². The normalized spacial score (nSPS) is 24.2. The highest BCUT2D eigenvalue weighted by molar-refractivity contribution is 7.53. The lowest BCUT2D eigenvalue weighted by Crippen LogP contribution is -2.53. The Hall–Kier alpha value is -1.52. The van der Waals surface area contributed by atoms with Crippen LogP contribution in [-0.2, 0) is 51.7 Å². The van der Waals surface area contributed by atoms with E-state index in [1.165, 1.54) is 6.92 Å². The van der Waals surface area contributed by atoms with Gasteiger partial charge in [-0.05, 0) is 13.8 Å². The van der Waals surface area contributed by atoms with Crippen LogP contribution in [0, 0.1) is 0 Å². The first-order valence-corrected chi connectivity index (χ1v) is 10.9. The van der Waals surface area contributed by atoms with Gasteiger partial charge in [-0.3, -0.25) is 18.9 Å². The third kappa shape index (κ3) is 8.02. The Morgan fingerprint density at radius 1 is 1.00 bits per heavy atom. The monoisotopic (exact) mass is 440 g/mol. The Morgan fingerprint density at radius 3 is 2.07 bits per heavy atom. The number of carbonyl (C=O) groups is 3. The minimum Gasteiger partial charge on any atom is -0.456 e. The molecule has 0 aromatic heterocycles. The van der Waals surface area contributed by atoms with Crippen molar-refractivity contribution >= 4 is 25.5 Å². The molecule has 0 bridgehead atoms. The van der Waals surface area contributed by atoms with E-state index < -0.39 is 43.5 Å². The van der Waals surface area contributed by atoms with Crippen molar-refractivity contribution in [3.8, 4) is 0 Å². The van der Waals surface area contributed by atoms with E-state index in [-0.39, 0.29) is 39.2 Å². The summed E-state index contributed by atoms with van der Waals surface area (Å²) in [5.74, 6) is -3.85. The third-order valence-electron chi connectivity index (χ3n) is 3.65. The largest absolute Gasteiger partial charge is 0.456 e. The average Bonchev–Trinajstić information content (AvgIpc) is 2.88. The van der Waals surface area contributed by atoms with Crippen LogP contribution < -0.4 is 0 Å². The van der Waals surface area contributed by atoms with Crippen molar-refractivity contribution in [2.75, 3.05) is 39.2 Å². The van der Waals surface area contributed by atoms with Gasteiger partial charge in [-0.1, -0.05) is 0 Å². The molecule has 0 spiro atoms.